The van der Waals surface area contributed by atoms with Crippen molar-refractivity contribution in [3.8, 4) is 5.75 Å². The number of nitrogens with one attached hydrogen (secondary N) is 4. The van der Waals surface area contributed by atoms with Crippen molar-refractivity contribution in [1.29, 1.82) is 0 Å². The van der Waals surface area contributed by atoms with E-state index in [1.807, 2.05) is 48.5 Å². The Morgan fingerprint density at radius 3 is 1.92 bits per heavy atom. The molecule has 79 heavy (non-hydrogen) atoms. The number of rotatable bonds is 22. The molecule has 2 aliphatic rings. The van der Waals surface area contributed by atoms with Crippen LogP contribution in [0.5, 0.6) is 5.75 Å². The number of hydrogen-bond acceptors (Lipinski definition) is 6. The molecule has 406 valence electrons. The zero-order valence-electron chi connectivity index (χ0n) is 44.6. The van der Waals surface area contributed by atoms with Gasteiger partial charge < -0.3 is 35.1 Å². The maximum Gasteiger partial charge on any atom is 0.415 e. The van der Waals surface area contributed by atoms with E-state index in [0.29, 0.717) is 96.7 Å². The topological polar surface area (TPSA) is 143 Å². The molecule has 9 rings (SSSR count). The van der Waals surface area contributed by atoms with Crippen LogP contribution in [0.2, 0.25) is 0 Å². The number of fused-ring (bicyclic) bond motifs is 5. The summed E-state index contributed by atoms with van der Waals surface area (Å²) >= 11 is 6.60. The van der Waals surface area contributed by atoms with Crippen LogP contribution in [0.4, 0.5) is 26.2 Å². The second-order valence-electron chi connectivity index (χ2n) is 19.8. The smallest absolute Gasteiger partial charge is 0.409 e. The van der Waals surface area contributed by atoms with Gasteiger partial charge in [-0.15, -0.1) is 11.6 Å². The fraction of sp³-hybridized carbons (Fsp3) is 0.262. The van der Waals surface area contributed by atoms with Gasteiger partial charge in [-0.05, 0) is 122 Å². The molecular weight excluding hydrogens is 1010 g/mol. The Morgan fingerprint density at radius 1 is 0.658 bits per heavy atom. The standard InChI is InChI=1S/C65H67ClFN7O5/c1-2-3-4-5-6-7-8-9-10-11-12-13-14-15-16-17-18-19-20-25-61(75)68-51-29-26-46(27-30-51)44-72-34-36-73(37-35-72)65(78)79-60-42-59-62(54-24-22-21-23-53(54)60)49(43-66)45-74(59)64(77)58-41-48-39-52(31-33-56(48)71-58)69-63(76)57-40-47-38-50(67)28-32-55(47)70-57/h3-4,6-7,9-10,12-13,15-16,18-19,21-24,26-33,38-42,49,70-71H,2,5,8,11,14,17,20,25,34-37,43-45H2,1H3,(H,68,75)(H,69,76). The third-order valence-corrected chi connectivity index (χ3v) is 14.5. The number of carbonyl (C=O) groups excluding carboxylic acids is 4. The molecule has 2 aromatic heterocycles. The molecule has 1 fully saturated rings. The number of H-pyrrole nitrogens is 2. The minimum absolute atomic E-state index is 0.0238. The Morgan fingerprint density at radius 2 is 1.25 bits per heavy atom. The van der Waals surface area contributed by atoms with E-state index in [1.165, 1.54) is 12.1 Å². The summed E-state index contributed by atoms with van der Waals surface area (Å²) in [5.74, 6) is -0.622. The van der Waals surface area contributed by atoms with Gasteiger partial charge in [-0.3, -0.25) is 19.3 Å². The number of aromatic amines is 2. The van der Waals surface area contributed by atoms with E-state index >= 15 is 0 Å². The lowest BCUT2D eigenvalue weighted by atomic mass is 9.95. The summed E-state index contributed by atoms with van der Waals surface area (Å²) < 4.78 is 20.0. The highest BCUT2D eigenvalue weighted by Crippen LogP contribution is 2.46. The lowest BCUT2D eigenvalue weighted by Crippen LogP contribution is -2.49. The SMILES string of the molecule is CCC=CCC=CCC=CCC=CCC=CCC=CCCC(=O)Nc1ccc(CN2CCN(C(=O)Oc3cc4c(c5ccccc35)C(CCl)CN4C(=O)c3cc4cc(NC(=O)c5cc6cc(F)ccc6[nH]5)ccc4[nH]3)CC2)cc1. The number of anilines is 3. The van der Waals surface area contributed by atoms with Crippen LogP contribution < -0.4 is 20.3 Å². The summed E-state index contributed by atoms with van der Waals surface area (Å²) in [6.07, 6.45) is 32.4. The fourth-order valence-corrected chi connectivity index (χ4v) is 10.2. The molecule has 14 heteroatoms. The van der Waals surface area contributed by atoms with Crippen LogP contribution >= 0.6 is 11.6 Å². The first-order chi connectivity index (χ1) is 38.6. The minimum Gasteiger partial charge on any atom is -0.409 e. The second-order valence-corrected chi connectivity index (χ2v) is 20.1. The Balaban J connectivity index is 0.726. The first-order valence-electron chi connectivity index (χ1n) is 27.3. The van der Waals surface area contributed by atoms with E-state index in [2.05, 4.69) is 105 Å². The molecule has 12 nitrogen and oxygen atoms in total. The molecule has 0 radical (unpaired) electrons. The van der Waals surface area contributed by atoms with Crippen LogP contribution in [0, 0.1) is 5.82 Å². The predicted molar refractivity (Wildman–Crippen MR) is 319 cm³/mol. The van der Waals surface area contributed by atoms with Crippen molar-refractivity contribution in [3.05, 3.63) is 204 Å². The number of carbonyl (C=O) groups is 4. The maximum absolute atomic E-state index is 14.5. The summed E-state index contributed by atoms with van der Waals surface area (Å²) in [7, 11) is 0. The lowest BCUT2D eigenvalue weighted by molar-refractivity contribution is -0.116. The molecule has 7 aromatic rings. The van der Waals surface area contributed by atoms with Crippen molar-refractivity contribution < 1.29 is 28.3 Å². The number of piperazine rings is 1. The molecule has 4 amide bonds. The van der Waals surface area contributed by atoms with E-state index in [4.69, 9.17) is 16.3 Å². The van der Waals surface area contributed by atoms with Gasteiger partial charge in [-0.25, -0.2) is 9.18 Å². The highest BCUT2D eigenvalue weighted by Gasteiger charge is 2.36. The molecule has 1 unspecified atom stereocenters. The molecule has 0 spiro atoms. The second kappa shape index (κ2) is 27.4. The average molecular weight is 1080 g/mol. The average Bonchev–Trinajstić information content (AvgIpc) is 4.32. The molecule has 4 N–H and O–H groups in total. The molecule has 0 bridgehead atoms. The molecule has 0 saturated carbocycles. The number of ether oxygens (including phenoxy) is 1. The molecule has 4 heterocycles. The Labute approximate surface area is 466 Å². The van der Waals surface area contributed by atoms with Gasteiger partial charge in [-0.1, -0.05) is 116 Å². The van der Waals surface area contributed by atoms with Gasteiger partial charge >= 0.3 is 6.09 Å². The van der Waals surface area contributed by atoms with Crippen LogP contribution in [0.25, 0.3) is 32.6 Å². The molecule has 5 aromatic carbocycles. The zero-order valence-corrected chi connectivity index (χ0v) is 45.3. The maximum atomic E-state index is 14.5. The van der Waals surface area contributed by atoms with Gasteiger partial charge in [0.1, 0.15) is 23.0 Å². The summed E-state index contributed by atoms with van der Waals surface area (Å²) in [6, 6.07) is 30.4. The van der Waals surface area contributed by atoms with Gasteiger partial charge in [0.25, 0.3) is 11.8 Å². The highest BCUT2D eigenvalue weighted by molar-refractivity contribution is 6.19. The Kier molecular flexibility index (Phi) is 19.2. The summed E-state index contributed by atoms with van der Waals surface area (Å²) in [6.45, 7) is 5.42. The first-order valence-corrected chi connectivity index (χ1v) is 27.8. The third-order valence-electron chi connectivity index (χ3n) is 14.1. The largest absolute Gasteiger partial charge is 0.415 e. The van der Waals surface area contributed by atoms with Gasteiger partial charge in [0, 0.05) is 102 Å². The van der Waals surface area contributed by atoms with Crippen LogP contribution in [0.1, 0.15) is 96.3 Å². The van der Waals surface area contributed by atoms with E-state index in [1.54, 1.807) is 52.3 Å². The van der Waals surface area contributed by atoms with Crippen molar-refractivity contribution in [1.82, 2.24) is 19.8 Å². The molecular formula is C65H67ClFN7O5. The monoisotopic (exact) mass is 1080 g/mol. The van der Waals surface area contributed by atoms with Gasteiger partial charge in [-0.2, -0.15) is 0 Å². The summed E-state index contributed by atoms with van der Waals surface area (Å²) in [4.78, 5) is 66.2. The molecule has 0 aliphatic carbocycles. The number of hydrogen-bond donors (Lipinski definition) is 4. The van der Waals surface area contributed by atoms with Crippen LogP contribution in [-0.2, 0) is 11.3 Å². The molecule has 2 aliphatic heterocycles. The normalized spacial score (nSPS) is 15.2. The van der Waals surface area contributed by atoms with E-state index in [0.717, 1.165) is 66.1 Å². The number of alkyl halides is 1. The third kappa shape index (κ3) is 14.7. The minimum atomic E-state index is -0.465. The quantitative estimate of drug-likeness (QED) is 0.0393. The number of allylic oxidation sites excluding steroid dienone is 12. The van der Waals surface area contributed by atoms with Crippen LogP contribution in [0.3, 0.4) is 0 Å². The molecule has 1 saturated heterocycles. The van der Waals surface area contributed by atoms with Crippen LogP contribution in [-0.4, -0.2) is 82.2 Å². The van der Waals surface area contributed by atoms with Gasteiger partial charge in [0.05, 0.1) is 5.69 Å². The van der Waals surface area contributed by atoms with Crippen molar-refractivity contribution in [2.45, 2.75) is 70.8 Å². The van der Waals surface area contributed by atoms with Crippen molar-refractivity contribution in [3.63, 3.8) is 0 Å². The predicted octanol–water partition coefficient (Wildman–Crippen LogP) is 14.9. The van der Waals surface area contributed by atoms with E-state index in [-0.39, 0.29) is 41.0 Å². The number of halogens is 2. The van der Waals surface area contributed by atoms with Crippen molar-refractivity contribution in [2.24, 2.45) is 0 Å². The summed E-state index contributed by atoms with van der Waals surface area (Å²) in [5, 5.41) is 8.82. The molecule has 1 atom stereocenters. The van der Waals surface area contributed by atoms with Crippen molar-refractivity contribution in [2.75, 3.05) is 54.1 Å². The number of nitrogens with zero attached hydrogens (tertiary/aromatic N) is 3. The van der Waals surface area contributed by atoms with E-state index < -0.39 is 6.09 Å². The van der Waals surface area contributed by atoms with Gasteiger partial charge in [0.2, 0.25) is 5.91 Å². The number of amides is 4. The number of benzene rings is 5. The lowest BCUT2D eigenvalue weighted by Gasteiger charge is -2.34. The fourth-order valence-electron chi connectivity index (χ4n) is 9.99. The van der Waals surface area contributed by atoms with E-state index in [9.17, 15) is 23.6 Å². The van der Waals surface area contributed by atoms with Crippen LogP contribution in [0.15, 0.2) is 176 Å². The highest BCUT2D eigenvalue weighted by atomic mass is 35.5. The van der Waals surface area contributed by atoms with Crippen molar-refractivity contribution >= 4 is 85.1 Å². The summed E-state index contributed by atoms with van der Waals surface area (Å²) in [5.41, 5.74) is 5.90. The Hall–Kier alpha value is -8.26. The van der Waals surface area contributed by atoms with Gasteiger partial charge in [0.15, 0.2) is 0 Å². The number of aromatic nitrogens is 2. The zero-order chi connectivity index (χ0) is 54.9. The first kappa shape index (κ1) is 55.5. The Bertz CT molecular complexity index is 3470.